The van der Waals surface area contributed by atoms with Gasteiger partial charge in [0.15, 0.2) is 0 Å². The Morgan fingerprint density at radius 1 is 1.38 bits per heavy atom. The van der Waals surface area contributed by atoms with Crippen LogP contribution in [0.25, 0.3) is 0 Å². The van der Waals surface area contributed by atoms with Gasteiger partial charge in [-0.1, -0.05) is 11.6 Å². The molecule has 0 aromatic carbocycles. The monoisotopic (exact) mass is 186 g/mol. The van der Waals surface area contributed by atoms with Crippen LogP contribution in [0.3, 0.4) is 0 Å². The SMILES string of the molecule is N/C(=N\O)C(=O)OC1CCCCC1. The molecular weight excluding hydrogens is 172 g/mol. The maximum atomic E-state index is 11.0. The number of rotatable bonds is 1. The van der Waals surface area contributed by atoms with Gasteiger partial charge in [-0.15, -0.1) is 0 Å². The number of nitrogens with zero attached hydrogens (tertiary/aromatic N) is 1. The lowest BCUT2D eigenvalue weighted by atomic mass is 9.98. The van der Waals surface area contributed by atoms with E-state index in [1.807, 2.05) is 0 Å². The summed E-state index contributed by atoms with van der Waals surface area (Å²) >= 11 is 0. The highest BCUT2D eigenvalue weighted by Crippen LogP contribution is 2.20. The predicted molar refractivity (Wildman–Crippen MR) is 46.4 cm³/mol. The molecule has 3 N–H and O–H groups in total. The molecule has 0 aliphatic heterocycles. The molecule has 74 valence electrons. The van der Waals surface area contributed by atoms with Crippen LogP contribution in [-0.2, 0) is 9.53 Å². The molecule has 1 aliphatic rings. The number of carbonyl (C=O) groups is 1. The molecule has 1 rings (SSSR count). The Morgan fingerprint density at radius 3 is 2.54 bits per heavy atom. The highest BCUT2D eigenvalue weighted by atomic mass is 16.5. The van der Waals surface area contributed by atoms with E-state index in [-0.39, 0.29) is 6.10 Å². The van der Waals surface area contributed by atoms with Crippen molar-refractivity contribution in [2.75, 3.05) is 0 Å². The van der Waals surface area contributed by atoms with Gasteiger partial charge < -0.3 is 15.7 Å². The maximum Gasteiger partial charge on any atom is 0.377 e. The first-order chi connectivity index (χ1) is 6.24. The van der Waals surface area contributed by atoms with Crippen molar-refractivity contribution < 1.29 is 14.7 Å². The zero-order valence-electron chi connectivity index (χ0n) is 7.40. The second kappa shape index (κ2) is 4.69. The van der Waals surface area contributed by atoms with E-state index in [0.29, 0.717) is 0 Å². The van der Waals surface area contributed by atoms with E-state index in [2.05, 4.69) is 5.16 Å². The molecule has 0 bridgehead atoms. The van der Waals surface area contributed by atoms with Gasteiger partial charge in [0.05, 0.1) is 0 Å². The van der Waals surface area contributed by atoms with Crippen LogP contribution >= 0.6 is 0 Å². The normalized spacial score (nSPS) is 19.8. The fraction of sp³-hybridized carbons (Fsp3) is 0.750. The number of hydrogen-bond donors (Lipinski definition) is 2. The van der Waals surface area contributed by atoms with Gasteiger partial charge in [-0.3, -0.25) is 0 Å². The average Bonchev–Trinajstić information content (AvgIpc) is 2.18. The first kappa shape index (κ1) is 9.83. The van der Waals surface area contributed by atoms with Crippen molar-refractivity contribution in [3.05, 3.63) is 0 Å². The van der Waals surface area contributed by atoms with E-state index in [1.165, 1.54) is 6.42 Å². The van der Waals surface area contributed by atoms with Gasteiger partial charge in [-0.2, -0.15) is 0 Å². The smallest absolute Gasteiger partial charge is 0.377 e. The quantitative estimate of drug-likeness (QED) is 0.206. The first-order valence-corrected chi connectivity index (χ1v) is 4.42. The zero-order chi connectivity index (χ0) is 9.68. The largest absolute Gasteiger partial charge is 0.456 e. The van der Waals surface area contributed by atoms with Crippen LogP contribution in [0.15, 0.2) is 5.16 Å². The van der Waals surface area contributed by atoms with Gasteiger partial charge in [0.2, 0.25) is 5.84 Å². The molecular formula is C8H14N2O3. The second-order valence-electron chi connectivity index (χ2n) is 3.15. The summed E-state index contributed by atoms with van der Waals surface area (Å²) in [6, 6.07) is 0. The van der Waals surface area contributed by atoms with Crippen molar-refractivity contribution in [1.29, 1.82) is 0 Å². The summed E-state index contributed by atoms with van der Waals surface area (Å²) in [7, 11) is 0. The van der Waals surface area contributed by atoms with Crippen LogP contribution in [0.4, 0.5) is 0 Å². The molecule has 0 heterocycles. The topological polar surface area (TPSA) is 84.9 Å². The van der Waals surface area contributed by atoms with Gasteiger partial charge >= 0.3 is 5.97 Å². The molecule has 0 radical (unpaired) electrons. The summed E-state index contributed by atoms with van der Waals surface area (Å²) in [5, 5.41) is 10.8. The van der Waals surface area contributed by atoms with Crippen molar-refractivity contribution in [3.8, 4) is 0 Å². The number of esters is 1. The van der Waals surface area contributed by atoms with Crippen LogP contribution in [0.2, 0.25) is 0 Å². The van der Waals surface area contributed by atoms with Gasteiger partial charge in [0.25, 0.3) is 0 Å². The lowest BCUT2D eigenvalue weighted by Crippen LogP contribution is -2.31. The second-order valence-corrected chi connectivity index (χ2v) is 3.15. The standard InChI is InChI=1S/C8H14N2O3/c9-7(10-12)8(11)13-6-4-2-1-3-5-6/h6,12H,1-5H2,(H2,9,10). The Kier molecular flexibility index (Phi) is 3.54. The fourth-order valence-electron chi connectivity index (χ4n) is 1.44. The third kappa shape index (κ3) is 2.93. The molecule has 1 aliphatic carbocycles. The minimum absolute atomic E-state index is 0.0541. The molecule has 0 aromatic heterocycles. The van der Waals surface area contributed by atoms with Gasteiger partial charge in [0.1, 0.15) is 6.10 Å². The van der Waals surface area contributed by atoms with Crippen LogP contribution < -0.4 is 5.73 Å². The highest BCUT2D eigenvalue weighted by Gasteiger charge is 2.19. The van der Waals surface area contributed by atoms with E-state index >= 15 is 0 Å². The number of ether oxygens (including phenoxy) is 1. The molecule has 13 heavy (non-hydrogen) atoms. The van der Waals surface area contributed by atoms with Crippen molar-refractivity contribution >= 4 is 11.8 Å². The molecule has 0 spiro atoms. The number of hydrogen-bond acceptors (Lipinski definition) is 4. The predicted octanol–water partition coefficient (Wildman–Crippen LogP) is 0.609. The number of amidine groups is 1. The third-order valence-corrected chi connectivity index (χ3v) is 2.14. The van der Waals surface area contributed by atoms with Gasteiger partial charge in [0, 0.05) is 0 Å². The minimum atomic E-state index is -0.727. The Morgan fingerprint density at radius 2 is 2.00 bits per heavy atom. The Bertz CT molecular complexity index is 209. The maximum absolute atomic E-state index is 11.0. The van der Waals surface area contributed by atoms with E-state index < -0.39 is 11.8 Å². The molecule has 0 amide bonds. The summed E-state index contributed by atoms with van der Waals surface area (Å²) in [4.78, 5) is 11.0. The molecule has 5 heteroatoms. The fourth-order valence-corrected chi connectivity index (χ4v) is 1.44. The van der Waals surface area contributed by atoms with Crippen LogP contribution in [0.1, 0.15) is 32.1 Å². The zero-order valence-corrected chi connectivity index (χ0v) is 7.40. The first-order valence-electron chi connectivity index (χ1n) is 4.42. The molecule has 0 atom stereocenters. The van der Waals surface area contributed by atoms with Crippen LogP contribution in [-0.4, -0.2) is 23.1 Å². The van der Waals surface area contributed by atoms with E-state index in [0.717, 1.165) is 25.7 Å². The average molecular weight is 186 g/mol. The van der Waals surface area contributed by atoms with Crippen molar-refractivity contribution in [2.24, 2.45) is 10.9 Å². The molecule has 0 aromatic rings. The molecule has 0 unspecified atom stereocenters. The third-order valence-electron chi connectivity index (χ3n) is 2.14. The van der Waals surface area contributed by atoms with E-state index in [9.17, 15) is 4.79 Å². The van der Waals surface area contributed by atoms with Crippen molar-refractivity contribution in [2.45, 2.75) is 38.2 Å². The number of carbonyl (C=O) groups excluding carboxylic acids is 1. The highest BCUT2D eigenvalue weighted by molar-refractivity contribution is 6.34. The molecule has 1 fully saturated rings. The lowest BCUT2D eigenvalue weighted by Gasteiger charge is -2.21. The summed E-state index contributed by atoms with van der Waals surface area (Å²) in [6.45, 7) is 0. The Labute approximate surface area is 76.5 Å². The van der Waals surface area contributed by atoms with Crippen molar-refractivity contribution in [3.63, 3.8) is 0 Å². The summed E-state index contributed by atoms with van der Waals surface area (Å²) < 4.78 is 4.99. The summed E-state index contributed by atoms with van der Waals surface area (Å²) in [6.07, 6.45) is 5.05. The minimum Gasteiger partial charge on any atom is -0.456 e. The van der Waals surface area contributed by atoms with E-state index in [4.69, 9.17) is 15.7 Å². The van der Waals surface area contributed by atoms with Gasteiger partial charge in [-0.25, -0.2) is 4.79 Å². The lowest BCUT2D eigenvalue weighted by molar-refractivity contribution is -0.142. The van der Waals surface area contributed by atoms with Crippen molar-refractivity contribution in [1.82, 2.24) is 0 Å². The van der Waals surface area contributed by atoms with Crippen LogP contribution in [0.5, 0.6) is 0 Å². The summed E-state index contributed by atoms with van der Waals surface area (Å²) in [5.74, 6) is -1.21. The van der Waals surface area contributed by atoms with E-state index in [1.54, 1.807) is 0 Å². The Hall–Kier alpha value is -1.26. The molecule has 1 saturated carbocycles. The number of oxime groups is 1. The Balaban J connectivity index is 2.34. The van der Waals surface area contributed by atoms with Gasteiger partial charge in [-0.05, 0) is 25.7 Å². The molecule has 0 saturated heterocycles. The summed E-state index contributed by atoms with van der Waals surface area (Å²) in [5.41, 5.74) is 5.06. The molecule has 5 nitrogen and oxygen atoms in total. The number of nitrogens with two attached hydrogens (primary N) is 1. The van der Waals surface area contributed by atoms with Crippen LogP contribution in [0, 0.1) is 0 Å².